The maximum Gasteiger partial charge on any atom is 0.329 e. The molecule has 4 heteroatoms. The van der Waals surface area contributed by atoms with Gasteiger partial charge in [0.2, 0.25) is 0 Å². The maximum atomic E-state index is 12.6. The summed E-state index contributed by atoms with van der Waals surface area (Å²) in [4.78, 5) is 25.1. The minimum atomic E-state index is -1.12. The molecule has 0 spiro atoms. The third-order valence-electron chi connectivity index (χ3n) is 4.98. The van der Waals surface area contributed by atoms with Crippen molar-refractivity contribution in [1.82, 2.24) is 0 Å². The molecular weight excluding hydrogens is 280 g/mol. The van der Waals surface area contributed by atoms with E-state index in [4.69, 9.17) is 9.47 Å². The van der Waals surface area contributed by atoms with Crippen molar-refractivity contribution in [2.45, 2.75) is 45.4 Å². The van der Waals surface area contributed by atoms with Gasteiger partial charge in [0.15, 0.2) is 5.41 Å². The Morgan fingerprint density at radius 3 is 2.86 bits per heavy atom. The fourth-order valence-electron chi connectivity index (χ4n) is 3.94. The first-order valence-corrected chi connectivity index (χ1v) is 8.13. The van der Waals surface area contributed by atoms with E-state index in [9.17, 15) is 9.59 Å². The lowest BCUT2D eigenvalue weighted by Gasteiger charge is -2.53. The van der Waals surface area contributed by atoms with E-state index >= 15 is 0 Å². The molecule has 0 amide bonds. The standard InChI is InChI=1S/C18H22O4/c1-3-5-8-12-11-18(16(19)21-4-2)15(12)13-9-6-7-10-14(13)22-17(18)20/h6-7,9-10,12,15H,3-5,8,11H2,1-2H3/t12?,15-,18-/m1/s1. The average molecular weight is 302 g/mol. The second kappa shape index (κ2) is 5.75. The van der Waals surface area contributed by atoms with E-state index in [1.165, 1.54) is 0 Å². The van der Waals surface area contributed by atoms with Crippen LogP contribution in [0.25, 0.3) is 0 Å². The number of rotatable bonds is 5. The quantitative estimate of drug-likeness (QED) is 0.475. The number of unbranched alkanes of at least 4 members (excludes halogenated alkanes) is 1. The maximum absolute atomic E-state index is 12.6. The van der Waals surface area contributed by atoms with Crippen LogP contribution in [0.15, 0.2) is 24.3 Å². The molecule has 0 aromatic heterocycles. The average Bonchev–Trinajstić information content (AvgIpc) is 2.48. The Hall–Kier alpha value is -1.84. The lowest BCUT2D eigenvalue weighted by molar-refractivity contribution is -0.184. The molecule has 1 saturated carbocycles. The first-order chi connectivity index (χ1) is 10.6. The van der Waals surface area contributed by atoms with Crippen LogP contribution in [-0.2, 0) is 14.3 Å². The van der Waals surface area contributed by atoms with Crippen LogP contribution < -0.4 is 4.74 Å². The molecule has 1 aliphatic heterocycles. The highest BCUT2D eigenvalue weighted by atomic mass is 16.6. The zero-order chi connectivity index (χ0) is 15.7. The zero-order valence-electron chi connectivity index (χ0n) is 13.1. The smallest absolute Gasteiger partial charge is 0.329 e. The number of fused-ring (bicyclic) bond motifs is 3. The second-order valence-electron chi connectivity index (χ2n) is 6.20. The summed E-state index contributed by atoms with van der Waals surface area (Å²) in [7, 11) is 0. The minimum absolute atomic E-state index is 0.101. The SMILES string of the molecule is CCCCC1C[C@@]2(C(=O)OCC)C(=O)Oc3ccccc3[C@@H]12. The Kier molecular flexibility index (Phi) is 3.94. The largest absolute Gasteiger partial charge is 0.465 e. The topological polar surface area (TPSA) is 52.6 Å². The highest BCUT2D eigenvalue weighted by molar-refractivity contribution is 6.04. The van der Waals surface area contributed by atoms with Crippen LogP contribution in [-0.4, -0.2) is 18.5 Å². The third kappa shape index (κ3) is 2.04. The summed E-state index contributed by atoms with van der Waals surface area (Å²) in [6.07, 6.45) is 3.80. The Morgan fingerprint density at radius 1 is 1.36 bits per heavy atom. The van der Waals surface area contributed by atoms with Gasteiger partial charge >= 0.3 is 11.9 Å². The van der Waals surface area contributed by atoms with Gasteiger partial charge in [0.25, 0.3) is 0 Å². The molecular formula is C18H22O4. The lowest BCUT2D eigenvalue weighted by atomic mass is 9.49. The number of carbonyl (C=O) groups is 2. The van der Waals surface area contributed by atoms with Crippen molar-refractivity contribution >= 4 is 11.9 Å². The van der Waals surface area contributed by atoms with Crippen LogP contribution in [0.2, 0.25) is 0 Å². The molecule has 0 N–H and O–H groups in total. The highest BCUT2D eigenvalue weighted by Crippen LogP contribution is 2.63. The van der Waals surface area contributed by atoms with Crippen LogP contribution in [0.1, 0.15) is 51.0 Å². The summed E-state index contributed by atoms with van der Waals surface area (Å²) >= 11 is 0. The normalized spacial score (nSPS) is 28.9. The van der Waals surface area contributed by atoms with E-state index in [1.807, 2.05) is 18.2 Å². The summed E-state index contributed by atoms with van der Waals surface area (Å²) in [5.74, 6) is -0.0258. The second-order valence-corrected chi connectivity index (χ2v) is 6.20. The monoisotopic (exact) mass is 302 g/mol. The molecule has 1 unspecified atom stereocenters. The molecule has 1 aliphatic carbocycles. The van der Waals surface area contributed by atoms with Crippen LogP contribution in [0.3, 0.4) is 0 Å². The molecule has 1 aromatic rings. The van der Waals surface area contributed by atoms with E-state index < -0.39 is 17.4 Å². The number of carbonyl (C=O) groups excluding carboxylic acids is 2. The lowest BCUT2D eigenvalue weighted by Crippen LogP contribution is -2.60. The van der Waals surface area contributed by atoms with Gasteiger partial charge in [-0.1, -0.05) is 38.0 Å². The van der Waals surface area contributed by atoms with E-state index in [1.54, 1.807) is 13.0 Å². The summed E-state index contributed by atoms with van der Waals surface area (Å²) in [5, 5.41) is 0. The van der Waals surface area contributed by atoms with Gasteiger partial charge in [-0.05, 0) is 31.7 Å². The first kappa shape index (κ1) is 15.1. The number of hydrogen-bond acceptors (Lipinski definition) is 4. The van der Waals surface area contributed by atoms with Crippen molar-refractivity contribution in [3.8, 4) is 5.75 Å². The molecule has 0 bridgehead atoms. The van der Waals surface area contributed by atoms with E-state index in [-0.39, 0.29) is 12.5 Å². The number of esters is 2. The van der Waals surface area contributed by atoms with Gasteiger partial charge in [-0.15, -0.1) is 0 Å². The van der Waals surface area contributed by atoms with Crippen molar-refractivity contribution in [3.05, 3.63) is 29.8 Å². The van der Waals surface area contributed by atoms with Crippen molar-refractivity contribution in [3.63, 3.8) is 0 Å². The van der Waals surface area contributed by atoms with Crippen LogP contribution in [0.5, 0.6) is 5.75 Å². The number of benzene rings is 1. The Labute approximate surface area is 130 Å². The number of para-hydroxylation sites is 1. The van der Waals surface area contributed by atoms with Gasteiger partial charge in [-0.2, -0.15) is 0 Å². The van der Waals surface area contributed by atoms with Gasteiger partial charge < -0.3 is 9.47 Å². The van der Waals surface area contributed by atoms with E-state index in [0.29, 0.717) is 18.1 Å². The van der Waals surface area contributed by atoms with Crippen molar-refractivity contribution in [1.29, 1.82) is 0 Å². The van der Waals surface area contributed by atoms with Crippen LogP contribution in [0.4, 0.5) is 0 Å². The molecule has 0 saturated heterocycles. The van der Waals surface area contributed by atoms with Crippen LogP contribution >= 0.6 is 0 Å². The Balaban J connectivity index is 1.99. The molecule has 118 valence electrons. The molecule has 0 radical (unpaired) electrons. The Bertz CT molecular complexity index is 595. The predicted octanol–water partition coefficient (Wildman–Crippen LogP) is 3.45. The molecule has 2 aliphatic rings. The van der Waals surface area contributed by atoms with Gasteiger partial charge in [-0.3, -0.25) is 9.59 Å². The number of hydrogen-bond donors (Lipinski definition) is 0. The molecule has 3 rings (SSSR count). The van der Waals surface area contributed by atoms with Gasteiger partial charge in [0.05, 0.1) is 6.61 Å². The zero-order valence-corrected chi connectivity index (χ0v) is 13.1. The third-order valence-corrected chi connectivity index (χ3v) is 4.98. The van der Waals surface area contributed by atoms with Crippen molar-refractivity contribution in [2.75, 3.05) is 6.61 Å². The summed E-state index contributed by atoms with van der Waals surface area (Å²) < 4.78 is 10.7. The fraction of sp³-hybridized carbons (Fsp3) is 0.556. The van der Waals surface area contributed by atoms with Crippen molar-refractivity contribution in [2.24, 2.45) is 11.3 Å². The molecule has 4 nitrogen and oxygen atoms in total. The fourth-order valence-corrected chi connectivity index (χ4v) is 3.94. The summed E-state index contributed by atoms with van der Waals surface area (Å²) in [6.45, 7) is 4.20. The molecule has 3 atom stereocenters. The van der Waals surface area contributed by atoms with Gasteiger partial charge in [0, 0.05) is 11.5 Å². The predicted molar refractivity (Wildman–Crippen MR) is 81.5 cm³/mol. The van der Waals surface area contributed by atoms with Gasteiger partial charge in [0.1, 0.15) is 5.75 Å². The van der Waals surface area contributed by atoms with E-state index in [2.05, 4.69) is 6.92 Å². The van der Waals surface area contributed by atoms with Gasteiger partial charge in [-0.25, -0.2) is 0 Å². The molecule has 1 heterocycles. The first-order valence-electron chi connectivity index (χ1n) is 8.13. The van der Waals surface area contributed by atoms with E-state index in [0.717, 1.165) is 24.8 Å². The summed E-state index contributed by atoms with van der Waals surface area (Å²) in [6, 6.07) is 7.56. The molecule has 22 heavy (non-hydrogen) atoms. The number of ether oxygens (including phenoxy) is 2. The minimum Gasteiger partial charge on any atom is -0.465 e. The van der Waals surface area contributed by atoms with Crippen LogP contribution in [0, 0.1) is 11.3 Å². The van der Waals surface area contributed by atoms with Crippen molar-refractivity contribution < 1.29 is 19.1 Å². The highest BCUT2D eigenvalue weighted by Gasteiger charge is 2.68. The molecule has 1 aromatic carbocycles. The molecule has 1 fully saturated rings. The Morgan fingerprint density at radius 2 is 2.14 bits per heavy atom. The summed E-state index contributed by atoms with van der Waals surface area (Å²) in [5.41, 5.74) is -0.148.